The summed E-state index contributed by atoms with van der Waals surface area (Å²) in [6.07, 6.45) is 20.5. The quantitative estimate of drug-likeness (QED) is 0.167. The van der Waals surface area contributed by atoms with Crippen molar-refractivity contribution in [1.82, 2.24) is 4.98 Å². The minimum Gasteiger partial charge on any atom is -0.421 e. The third-order valence-corrected chi connectivity index (χ3v) is 7.98. The van der Waals surface area contributed by atoms with Crippen molar-refractivity contribution in [3.63, 3.8) is 0 Å². The number of hydrogen-bond donors (Lipinski definition) is 0. The van der Waals surface area contributed by atoms with Crippen molar-refractivity contribution < 1.29 is 47.7 Å². The molecule has 1 unspecified atom stereocenters. The molecule has 0 saturated heterocycles. The number of hydrogen-bond acceptors (Lipinski definition) is 6. The first-order chi connectivity index (χ1) is 17.1. The van der Waals surface area contributed by atoms with Crippen LogP contribution in [-0.2, 0) is 26.5 Å². The van der Waals surface area contributed by atoms with Gasteiger partial charge >= 0.3 is 11.0 Å². The Kier molecular flexibility index (Phi) is 12.7. The van der Waals surface area contributed by atoms with E-state index in [-0.39, 0.29) is 0 Å². The van der Waals surface area contributed by atoms with Gasteiger partial charge in [-0.1, -0.05) is 26.2 Å². The van der Waals surface area contributed by atoms with E-state index < -0.39 is 31.1 Å². The third-order valence-electron chi connectivity index (χ3n) is 5.24. The summed E-state index contributed by atoms with van der Waals surface area (Å²) in [5, 5.41) is 0. The maximum atomic E-state index is 11.4. The van der Waals surface area contributed by atoms with Gasteiger partial charge < -0.3 is 4.13 Å². The zero-order valence-corrected chi connectivity index (χ0v) is 21.8. The highest BCUT2D eigenvalue weighted by atomic mass is 32.3. The average Bonchev–Trinajstić information content (AvgIpc) is 3.25. The van der Waals surface area contributed by atoms with Gasteiger partial charge in [0, 0.05) is 12.4 Å². The number of unbranched alkanes of at least 4 members (excludes halogenated alkanes) is 5. The number of rotatable bonds is 13. The van der Waals surface area contributed by atoms with Crippen LogP contribution in [0, 0.1) is 0 Å². The van der Waals surface area contributed by atoms with Crippen LogP contribution >= 0.6 is 0 Å². The van der Waals surface area contributed by atoms with Gasteiger partial charge in [-0.25, -0.2) is 21.8 Å². The van der Waals surface area contributed by atoms with E-state index >= 15 is 0 Å². The molecular formula is C21H30F6N4O4S2. The van der Waals surface area contributed by atoms with Crippen LogP contribution in [-0.4, -0.2) is 56.7 Å². The lowest BCUT2D eigenvalue weighted by molar-refractivity contribution is -0.780. The number of sulfonamides is 2. The first-order valence-electron chi connectivity index (χ1n) is 11.4. The van der Waals surface area contributed by atoms with E-state index in [1.807, 2.05) is 18.6 Å². The van der Waals surface area contributed by atoms with E-state index in [0.29, 0.717) is 0 Å². The molecule has 8 nitrogen and oxygen atoms in total. The molecule has 0 aromatic carbocycles. The van der Waals surface area contributed by atoms with Gasteiger partial charge in [-0.2, -0.15) is 26.3 Å². The molecule has 2 rings (SSSR count). The Balaban J connectivity index is 0.000000401. The summed E-state index contributed by atoms with van der Waals surface area (Å²) in [5.41, 5.74) is -11.0. The number of aliphatic imine (C=N–C) groups is 1. The van der Waals surface area contributed by atoms with Crippen molar-refractivity contribution in [2.75, 3.05) is 13.1 Å². The Labute approximate surface area is 213 Å². The fourth-order valence-corrected chi connectivity index (χ4v) is 4.95. The van der Waals surface area contributed by atoms with E-state index in [9.17, 15) is 43.2 Å². The van der Waals surface area contributed by atoms with Crippen molar-refractivity contribution in [3.05, 3.63) is 46.6 Å². The Morgan fingerprint density at radius 1 is 0.811 bits per heavy atom. The lowest BCUT2D eigenvalue weighted by Gasteiger charge is -2.27. The predicted octanol–water partition coefficient (Wildman–Crippen LogP) is 5.76. The highest BCUT2D eigenvalue weighted by Crippen LogP contribution is 2.36. The van der Waals surface area contributed by atoms with Crippen LogP contribution < -0.4 is 0 Å². The van der Waals surface area contributed by atoms with Gasteiger partial charge in [-0.3, -0.25) is 9.47 Å². The van der Waals surface area contributed by atoms with E-state index in [0.717, 1.165) is 8.61 Å². The van der Waals surface area contributed by atoms with E-state index in [1.54, 1.807) is 0 Å². The van der Waals surface area contributed by atoms with Crippen molar-refractivity contribution >= 4 is 26.4 Å². The number of nitrogens with zero attached hydrogens (tertiary/aromatic N) is 4. The number of aromatic nitrogens is 1. The van der Waals surface area contributed by atoms with Gasteiger partial charge in [0.25, 0.3) is 0 Å². The standard InChI is InChI=1S/C19H30N3.C2F6NO4S2/c1-2-3-15-22(17-14-21-18-22)16-8-6-4-5-7-9-19-10-12-20-13-11-19;3-1(4,5)14(10,11)9-15(12,13)2(6,7)8/h10-14,17-18H,2-9,15-16H2,1H3;/q+1;-1. The topological polar surface area (TPSA) is 108 Å². The highest BCUT2D eigenvalue weighted by molar-refractivity contribution is 8.13. The van der Waals surface area contributed by atoms with Gasteiger partial charge in [0.2, 0.25) is 0 Å². The number of quaternary nitrogens is 1. The summed E-state index contributed by atoms with van der Waals surface area (Å²) in [5.74, 6) is 0. The molecule has 16 heteroatoms. The summed E-state index contributed by atoms with van der Waals surface area (Å²) in [6.45, 7) is 4.68. The minimum atomic E-state index is -6.72. The lowest BCUT2D eigenvalue weighted by atomic mass is 10.1. The van der Waals surface area contributed by atoms with Crippen LogP contribution in [0.5, 0.6) is 0 Å². The molecule has 0 bridgehead atoms. The molecule has 1 aliphatic heterocycles. The van der Waals surface area contributed by atoms with Crippen LogP contribution in [0.3, 0.4) is 0 Å². The highest BCUT2D eigenvalue weighted by Gasteiger charge is 2.46. The Morgan fingerprint density at radius 2 is 1.32 bits per heavy atom. The lowest BCUT2D eigenvalue weighted by Crippen LogP contribution is -2.41. The van der Waals surface area contributed by atoms with E-state index in [2.05, 4.69) is 41.6 Å². The zero-order chi connectivity index (χ0) is 28.2. The number of aryl methyl sites for hydroxylation is 1. The molecule has 0 fully saturated rings. The van der Waals surface area contributed by atoms with E-state index in [4.69, 9.17) is 0 Å². The molecule has 1 aliphatic rings. The van der Waals surface area contributed by atoms with Crippen molar-refractivity contribution in [2.45, 2.75) is 69.3 Å². The smallest absolute Gasteiger partial charge is 0.421 e. The summed E-state index contributed by atoms with van der Waals surface area (Å²) in [7, 11) is -13.4. The zero-order valence-electron chi connectivity index (χ0n) is 20.1. The first kappa shape index (κ1) is 33.0. The van der Waals surface area contributed by atoms with Crippen LogP contribution in [0.4, 0.5) is 26.3 Å². The van der Waals surface area contributed by atoms with Crippen LogP contribution in [0.1, 0.15) is 57.4 Å². The molecular weight excluding hydrogens is 550 g/mol. The first-order valence-corrected chi connectivity index (χ1v) is 14.3. The molecule has 0 saturated carbocycles. The summed E-state index contributed by atoms with van der Waals surface area (Å²) in [4.78, 5) is 8.37. The second-order valence-electron chi connectivity index (χ2n) is 8.26. The van der Waals surface area contributed by atoms with Crippen molar-refractivity contribution in [3.8, 4) is 0 Å². The van der Waals surface area contributed by atoms with Crippen molar-refractivity contribution in [1.29, 1.82) is 0 Å². The molecule has 0 amide bonds. The predicted molar refractivity (Wildman–Crippen MR) is 127 cm³/mol. The monoisotopic (exact) mass is 580 g/mol. The molecule has 0 N–H and O–H groups in total. The normalized spacial score (nSPS) is 18.0. The summed E-state index contributed by atoms with van der Waals surface area (Å²) >= 11 is 0. The molecule has 212 valence electrons. The number of halogens is 6. The molecule has 0 spiro atoms. The van der Waals surface area contributed by atoms with Gasteiger partial charge in [0.05, 0.1) is 19.3 Å². The maximum absolute atomic E-state index is 11.4. The average molecular weight is 581 g/mol. The third kappa shape index (κ3) is 11.5. The van der Waals surface area contributed by atoms with Crippen LogP contribution in [0.2, 0.25) is 0 Å². The second-order valence-corrected chi connectivity index (χ2v) is 11.7. The largest absolute Gasteiger partial charge is 0.480 e. The number of pyridine rings is 1. The maximum Gasteiger partial charge on any atom is 0.480 e. The fraction of sp³-hybridized carbons (Fsp3) is 0.619. The molecule has 0 radical (unpaired) electrons. The van der Waals surface area contributed by atoms with Crippen LogP contribution in [0.25, 0.3) is 4.13 Å². The summed E-state index contributed by atoms with van der Waals surface area (Å²) < 4.78 is 110. The fourth-order valence-electron chi connectivity index (χ4n) is 3.24. The SMILES string of the molecule is CCCC[N+]1(CCCCCCCc2ccncc2)C=CN=C1.O=S(=O)([N-]S(=O)(=O)C(F)(F)F)C(F)(F)F. The molecule has 2 heterocycles. The molecule has 37 heavy (non-hydrogen) atoms. The van der Waals surface area contributed by atoms with Gasteiger partial charge in [-0.15, -0.1) is 0 Å². The van der Waals surface area contributed by atoms with Gasteiger partial charge in [-0.05, 0) is 49.8 Å². The minimum absolute atomic E-state index is 0.778. The van der Waals surface area contributed by atoms with Crippen LogP contribution in [0.15, 0.2) is 41.9 Å². The Morgan fingerprint density at radius 3 is 1.81 bits per heavy atom. The molecule has 1 aromatic heterocycles. The Hall–Kier alpha value is -2.04. The number of alkyl halides is 6. The van der Waals surface area contributed by atoms with Crippen molar-refractivity contribution in [2.24, 2.45) is 4.99 Å². The molecule has 0 aliphatic carbocycles. The Bertz CT molecular complexity index is 1040. The molecule has 1 atom stereocenters. The van der Waals surface area contributed by atoms with Gasteiger partial charge in [0.15, 0.2) is 26.4 Å². The van der Waals surface area contributed by atoms with E-state index in [1.165, 1.54) is 70.0 Å². The second kappa shape index (κ2) is 14.2. The van der Waals surface area contributed by atoms with Gasteiger partial charge in [0.1, 0.15) is 6.20 Å². The summed E-state index contributed by atoms with van der Waals surface area (Å²) in [6, 6.07) is 4.25. The molecule has 1 aromatic rings.